The summed E-state index contributed by atoms with van der Waals surface area (Å²) in [6.07, 6.45) is 0.693. The van der Waals surface area contributed by atoms with E-state index in [-0.39, 0.29) is 11.9 Å². The maximum Gasteiger partial charge on any atom is 0.263 e. The fraction of sp³-hybridized carbons (Fsp3) is 0.444. The molecule has 1 aromatic heterocycles. The fourth-order valence-corrected chi connectivity index (χ4v) is 2.05. The van der Waals surface area contributed by atoms with Crippen molar-refractivity contribution in [3.05, 3.63) is 16.1 Å². The Kier molecular flexibility index (Phi) is 4.16. The number of thiazole rings is 1. The van der Waals surface area contributed by atoms with Crippen LogP contribution in [0.15, 0.2) is 5.51 Å². The molecule has 1 heterocycles. The summed E-state index contributed by atoms with van der Waals surface area (Å²) >= 11 is 6.16. The first kappa shape index (κ1) is 12.1. The number of aryl methyl sites for hydroxylation is 1. The second-order valence-corrected chi connectivity index (χ2v) is 4.43. The van der Waals surface area contributed by atoms with Crippen molar-refractivity contribution in [3.8, 4) is 0 Å². The molecule has 6 heteroatoms. The number of carbonyl (C=O) groups excluding carboxylic acids is 1. The Balaban J connectivity index is 2.71. The molecule has 0 spiro atoms. The minimum absolute atomic E-state index is 0.158. The molecule has 0 fully saturated rings. The van der Waals surface area contributed by atoms with Crippen molar-refractivity contribution in [3.63, 3.8) is 0 Å². The first-order chi connectivity index (χ1) is 7.06. The van der Waals surface area contributed by atoms with Gasteiger partial charge in [0, 0.05) is 0 Å². The van der Waals surface area contributed by atoms with Crippen molar-refractivity contribution in [1.82, 2.24) is 10.3 Å². The number of aromatic nitrogens is 1. The van der Waals surface area contributed by atoms with Crippen molar-refractivity contribution in [2.24, 2.45) is 5.73 Å². The molecule has 0 bridgehead atoms. The third kappa shape index (κ3) is 2.97. The Labute approximate surface area is 97.9 Å². The zero-order chi connectivity index (χ0) is 11.4. The molecule has 4 nitrogen and oxygen atoms in total. The van der Waals surface area contributed by atoms with Gasteiger partial charge in [-0.05, 0) is 13.3 Å². The van der Waals surface area contributed by atoms with Gasteiger partial charge in [-0.3, -0.25) is 4.79 Å². The van der Waals surface area contributed by atoms with Gasteiger partial charge in [-0.1, -0.05) is 19.1 Å². The van der Waals surface area contributed by atoms with Gasteiger partial charge < -0.3 is 11.1 Å². The lowest BCUT2D eigenvalue weighted by atomic mass is 10.2. The number of hydrogen-bond acceptors (Lipinski definition) is 4. The molecule has 3 N–H and O–H groups in total. The van der Waals surface area contributed by atoms with Crippen molar-refractivity contribution in [2.75, 3.05) is 0 Å². The Morgan fingerprint density at radius 2 is 2.47 bits per heavy atom. The van der Waals surface area contributed by atoms with Crippen molar-refractivity contribution in [2.45, 2.75) is 26.3 Å². The van der Waals surface area contributed by atoms with Crippen LogP contribution in [0.4, 0.5) is 0 Å². The molecule has 0 aliphatic carbocycles. The Hall–Kier alpha value is -1.01. The minimum atomic E-state index is -0.242. The summed E-state index contributed by atoms with van der Waals surface area (Å²) in [5.41, 5.74) is 7.87. The Bertz CT molecular complexity index is 375. The van der Waals surface area contributed by atoms with Gasteiger partial charge in [-0.2, -0.15) is 0 Å². The summed E-state index contributed by atoms with van der Waals surface area (Å²) in [5, 5.41) is 2.77. The van der Waals surface area contributed by atoms with Gasteiger partial charge in [0.1, 0.15) is 4.88 Å². The number of nitrogens with two attached hydrogens (primary N) is 1. The van der Waals surface area contributed by atoms with E-state index in [0.29, 0.717) is 16.3 Å². The molecular weight excluding hydrogens is 230 g/mol. The summed E-state index contributed by atoms with van der Waals surface area (Å²) in [7, 11) is 0. The molecule has 1 atom stereocenters. The highest BCUT2D eigenvalue weighted by atomic mass is 32.1. The smallest absolute Gasteiger partial charge is 0.263 e. The predicted octanol–water partition coefficient (Wildman–Crippen LogP) is 1.25. The van der Waals surface area contributed by atoms with Gasteiger partial charge in [0.15, 0.2) is 0 Å². The topological polar surface area (TPSA) is 68.0 Å². The van der Waals surface area contributed by atoms with E-state index in [1.807, 2.05) is 6.92 Å². The highest BCUT2D eigenvalue weighted by Gasteiger charge is 2.17. The molecule has 0 aliphatic rings. The normalized spacial score (nSPS) is 12.1. The molecule has 0 saturated heterocycles. The van der Waals surface area contributed by atoms with Crippen molar-refractivity contribution < 1.29 is 4.79 Å². The average molecular weight is 243 g/mol. The van der Waals surface area contributed by atoms with Crippen LogP contribution in [0.1, 0.15) is 28.7 Å². The van der Waals surface area contributed by atoms with E-state index in [1.165, 1.54) is 11.3 Å². The van der Waals surface area contributed by atoms with Gasteiger partial charge in [0.2, 0.25) is 0 Å². The van der Waals surface area contributed by atoms with Crippen molar-refractivity contribution in [1.29, 1.82) is 0 Å². The number of nitrogens with zero attached hydrogens (tertiary/aromatic N) is 1. The number of amides is 1. The Morgan fingerprint density at radius 3 is 2.87 bits per heavy atom. The molecule has 1 aromatic rings. The second-order valence-electron chi connectivity index (χ2n) is 3.10. The third-order valence-electron chi connectivity index (χ3n) is 2.01. The lowest BCUT2D eigenvalue weighted by molar-refractivity contribution is 0.0949. The van der Waals surface area contributed by atoms with Crippen LogP contribution < -0.4 is 11.1 Å². The molecule has 0 radical (unpaired) electrons. The van der Waals surface area contributed by atoms with Gasteiger partial charge >= 0.3 is 0 Å². The monoisotopic (exact) mass is 243 g/mol. The summed E-state index contributed by atoms with van der Waals surface area (Å²) in [5.74, 6) is -0.158. The number of carbonyl (C=O) groups is 1. The van der Waals surface area contributed by atoms with E-state index < -0.39 is 0 Å². The largest absolute Gasteiger partial charge is 0.392 e. The zero-order valence-electron chi connectivity index (χ0n) is 8.61. The standard InChI is InChI=1S/C9H13N3OS2/c1-3-6(8(10)14)12-9(13)7-5(2)11-4-15-7/h4,6H,3H2,1-2H3,(H2,10,14)(H,12,13). The summed E-state index contributed by atoms with van der Waals surface area (Å²) in [6.45, 7) is 3.72. The number of rotatable bonds is 4. The highest BCUT2D eigenvalue weighted by molar-refractivity contribution is 7.80. The van der Waals surface area contributed by atoms with Gasteiger partial charge in [0.05, 0.1) is 22.2 Å². The molecule has 1 unspecified atom stereocenters. The van der Waals surface area contributed by atoms with Gasteiger partial charge in [-0.15, -0.1) is 11.3 Å². The van der Waals surface area contributed by atoms with E-state index in [4.69, 9.17) is 18.0 Å². The summed E-state index contributed by atoms with van der Waals surface area (Å²) < 4.78 is 0. The number of thiocarbonyl (C=S) groups is 1. The number of hydrogen-bond donors (Lipinski definition) is 2. The molecule has 0 saturated carbocycles. The van der Waals surface area contributed by atoms with E-state index in [1.54, 1.807) is 12.4 Å². The molecule has 15 heavy (non-hydrogen) atoms. The summed E-state index contributed by atoms with van der Waals surface area (Å²) in [6, 6.07) is -0.242. The van der Waals surface area contributed by atoms with Crippen LogP contribution in [0.5, 0.6) is 0 Å². The van der Waals surface area contributed by atoms with E-state index in [0.717, 1.165) is 5.69 Å². The quantitative estimate of drug-likeness (QED) is 0.781. The molecule has 0 aromatic carbocycles. The van der Waals surface area contributed by atoms with E-state index in [2.05, 4.69) is 10.3 Å². The summed E-state index contributed by atoms with van der Waals surface area (Å²) in [4.78, 5) is 16.7. The zero-order valence-corrected chi connectivity index (χ0v) is 10.2. The molecule has 1 rings (SSSR count). The minimum Gasteiger partial charge on any atom is -0.392 e. The maximum atomic E-state index is 11.7. The molecular formula is C9H13N3OS2. The molecule has 82 valence electrons. The predicted molar refractivity (Wildman–Crippen MR) is 65.2 cm³/mol. The van der Waals surface area contributed by atoms with Crippen LogP contribution >= 0.6 is 23.6 Å². The highest BCUT2D eigenvalue weighted by Crippen LogP contribution is 2.12. The second kappa shape index (κ2) is 5.18. The van der Waals surface area contributed by atoms with Gasteiger partial charge in [0.25, 0.3) is 5.91 Å². The van der Waals surface area contributed by atoms with Crippen LogP contribution in [0.2, 0.25) is 0 Å². The lowest BCUT2D eigenvalue weighted by Crippen LogP contribution is -2.42. The van der Waals surface area contributed by atoms with Crippen LogP contribution in [0.25, 0.3) is 0 Å². The van der Waals surface area contributed by atoms with Crippen molar-refractivity contribution >= 4 is 34.5 Å². The molecule has 1 amide bonds. The SMILES string of the molecule is CCC(NC(=O)c1scnc1C)C(N)=S. The third-order valence-corrected chi connectivity index (χ3v) is 3.22. The Morgan fingerprint density at radius 1 is 1.80 bits per heavy atom. The fourth-order valence-electron chi connectivity index (χ4n) is 1.12. The maximum absolute atomic E-state index is 11.7. The first-order valence-electron chi connectivity index (χ1n) is 4.56. The van der Waals surface area contributed by atoms with Crippen LogP contribution in [-0.2, 0) is 0 Å². The average Bonchev–Trinajstić information content (AvgIpc) is 2.60. The van der Waals surface area contributed by atoms with Crippen LogP contribution in [0.3, 0.4) is 0 Å². The van der Waals surface area contributed by atoms with Gasteiger partial charge in [-0.25, -0.2) is 4.98 Å². The molecule has 0 aliphatic heterocycles. The van der Waals surface area contributed by atoms with Crippen LogP contribution in [0, 0.1) is 6.92 Å². The number of nitrogens with one attached hydrogen (secondary N) is 1. The first-order valence-corrected chi connectivity index (χ1v) is 5.85. The van der Waals surface area contributed by atoms with Crippen LogP contribution in [-0.4, -0.2) is 21.9 Å². The van der Waals surface area contributed by atoms with E-state index in [9.17, 15) is 4.79 Å². The lowest BCUT2D eigenvalue weighted by Gasteiger charge is -2.14. The van der Waals surface area contributed by atoms with E-state index >= 15 is 0 Å².